The van der Waals surface area contributed by atoms with Gasteiger partial charge in [0.2, 0.25) is 5.69 Å². The van der Waals surface area contributed by atoms with Gasteiger partial charge in [-0.25, -0.2) is 9.48 Å². The Morgan fingerprint density at radius 1 is 1.07 bits per heavy atom. The summed E-state index contributed by atoms with van der Waals surface area (Å²) in [6, 6.07) is 14.7. The summed E-state index contributed by atoms with van der Waals surface area (Å²) in [5.41, 5.74) is 0.653. The summed E-state index contributed by atoms with van der Waals surface area (Å²) < 4.78 is 12.4. The Kier molecular flexibility index (Phi) is 4.59. The lowest BCUT2D eigenvalue weighted by Gasteiger charge is -2.10. The number of ether oxygens (including phenoxy) is 2. The minimum absolute atomic E-state index is 0.0664. The molecule has 0 aliphatic carbocycles. The van der Waals surface area contributed by atoms with Crippen LogP contribution in [0.1, 0.15) is 16.1 Å². The largest absolute Gasteiger partial charge is 0.497 e. The number of nitrogens with zero attached hydrogens (tertiary/aromatic N) is 4. The number of aromatic nitrogens is 4. The van der Waals surface area contributed by atoms with Crippen molar-refractivity contribution in [2.24, 2.45) is 0 Å². The number of hydrogen-bond acceptors (Lipinski definition) is 6. The second kappa shape index (κ2) is 7.36. The molecule has 2 aromatic heterocycles. The van der Waals surface area contributed by atoms with Crippen LogP contribution in [0.3, 0.4) is 0 Å². The molecule has 0 saturated heterocycles. The van der Waals surface area contributed by atoms with Gasteiger partial charge in [0.05, 0.1) is 13.7 Å². The van der Waals surface area contributed by atoms with Gasteiger partial charge in [0.1, 0.15) is 11.5 Å². The molecule has 8 heteroatoms. The van der Waals surface area contributed by atoms with Crippen LogP contribution in [0.25, 0.3) is 10.8 Å². The number of carboxylic acid groups (broad SMARTS) is 1. The van der Waals surface area contributed by atoms with E-state index in [9.17, 15) is 9.90 Å². The molecule has 140 valence electrons. The van der Waals surface area contributed by atoms with Gasteiger partial charge in [-0.15, -0.1) is 5.10 Å². The highest BCUT2D eigenvalue weighted by Crippen LogP contribution is 2.28. The minimum Gasteiger partial charge on any atom is -0.497 e. The monoisotopic (exact) mass is 376 g/mol. The first-order valence-corrected chi connectivity index (χ1v) is 8.45. The highest BCUT2D eigenvalue weighted by atomic mass is 16.5. The third kappa shape index (κ3) is 3.48. The number of methoxy groups -OCH3 is 1. The zero-order valence-corrected chi connectivity index (χ0v) is 14.9. The molecule has 8 nitrogen and oxygen atoms in total. The van der Waals surface area contributed by atoms with E-state index in [2.05, 4.69) is 15.3 Å². The average Bonchev–Trinajstić information content (AvgIpc) is 3.11. The fourth-order valence-electron chi connectivity index (χ4n) is 2.78. The van der Waals surface area contributed by atoms with E-state index in [4.69, 9.17) is 9.47 Å². The summed E-state index contributed by atoms with van der Waals surface area (Å²) in [6.45, 7) is 0.303. The summed E-state index contributed by atoms with van der Waals surface area (Å²) in [5.74, 6) is 0.0767. The van der Waals surface area contributed by atoms with Crippen LogP contribution < -0.4 is 9.47 Å². The molecule has 0 radical (unpaired) electrons. The molecule has 0 atom stereocenters. The molecule has 0 spiro atoms. The molecule has 4 rings (SSSR count). The molecule has 0 unspecified atom stereocenters. The molecule has 0 aliphatic rings. The van der Waals surface area contributed by atoms with Crippen LogP contribution in [0.5, 0.6) is 17.4 Å². The zero-order valence-electron chi connectivity index (χ0n) is 14.9. The van der Waals surface area contributed by atoms with Gasteiger partial charge in [0.25, 0.3) is 5.88 Å². The van der Waals surface area contributed by atoms with Crippen molar-refractivity contribution in [2.75, 3.05) is 7.11 Å². The van der Waals surface area contributed by atoms with Gasteiger partial charge in [-0.3, -0.25) is 4.98 Å². The van der Waals surface area contributed by atoms with Gasteiger partial charge in [-0.1, -0.05) is 17.3 Å². The second-order valence-corrected chi connectivity index (χ2v) is 6.04. The van der Waals surface area contributed by atoms with Crippen LogP contribution in [0.2, 0.25) is 0 Å². The van der Waals surface area contributed by atoms with Gasteiger partial charge in [0, 0.05) is 17.8 Å². The second-order valence-electron chi connectivity index (χ2n) is 6.04. The molecular formula is C20H16N4O4. The summed E-state index contributed by atoms with van der Waals surface area (Å²) in [5, 5.41) is 19.0. The normalized spacial score (nSPS) is 10.8. The Hall–Kier alpha value is -3.94. The predicted octanol–water partition coefficient (Wildman–Crippen LogP) is 3.37. The van der Waals surface area contributed by atoms with Crippen LogP contribution in [-0.2, 0) is 6.54 Å². The fourth-order valence-corrected chi connectivity index (χ4v) is 2.78. The lowest BCUT2D eigenvalue weighted by molar-refractivity contribution is 0.0687. The number of pyridine rings is 1. The first kappa shape index (κ1) is 17.5. The average molecular weight is 376 g/mol. The molecular weight excluding hydrogens is 360 g/mol. The van der Waals surface area contributed by atoms with Gasteiger partial charge >= 0.3 is 5.97 Å². The zero-order chi connectivity index (χ0) is 19.5. The fraction of sp³-hybridized carbons (Fsp3) is 0.100. The van der Waals surface area contributed by atoms with Crippen molar-refractivity contribution in [2.45, 2.75) is 6.54 Å². The Morgan fingerprint density at radius 2 is 1.86 bits per heavy atom. The third-order valence-electron chi connectivity index (χ3n) is 4.21. The Balaban J connectivity index is 1.67. The summed E-state index contributed by atoms with van der Waals surface area (Å²) in [4.78, 5) is 15.6. The summed E-state index contributed by atoms with van der Waals surface area (Å²) in [6.07, 6.45) is 3.43. The van der Waals surface area contributed by atoms with Crippen molar-refractivity contribution in [1.82, 2.24) is 20.0 Å². The third-order valence-corrected chi connectivity index (χ3v) is 4.21. The number of hydrogen-bond donors (Lipinski definition) is 1. The number of carbonyl (C=O) groups is 1. The molecule has 0 saturated carbocycles. The van der Waals surface area contributed by atoms with Gasteiger partial charge < -0.3 is 14.6 Å². The molecule has 0 fully saturated rings. The molecule has 0 bridgehead atoms. The number of benzene rings is 2. The van der Waals surface area contributed by atoms with Crippen molar-refractivity contribution in [3.8, 4) is 17.4 Å². The van der Waals surface area contributed by atoms with Gasteiger partial charge in [0.15, 0.2) is 0 Å². The quantitative estimate of drug-likeness (QED) is 0.551. The first-order chi connectivity index (χ1) is 13.6. The van der Waals surface area contributed by atoms with Crippen molar-refractivity contribution < 1.29 is 19.4 Å². The van der Waals surface area contributed by atoms with Gasteiger partial charge in [-0.2, -0.15) is 0 Å². The molecule has 0 aliphatic heterocycles. The van der Waals surface area contributed by atoms with E-state index in [0.717, 1.165) is 22.1 Å². The Bertz CT molecular complexity index is 1140. The lowest BCUT2D eigenvalue weighted by Crippen LogP contribution is -2.06. The van der Waals surface area contributed by atoms with Crippen LogP contribution in [0.4, 0.5) is 0 Å². The van der Waals surface area contributed by atoms with Crippen LogP contribution in [0, 0.1) is 0 Å². The van der Waals surface area contributed by atoms with E-state index in [1.165, 1.54) is 4.68 Å². The molecule has 2 aromatic carbocycles. The molecule has 4 aromatic rings. The predicted molar refractivity (Wildman–Crippen MR) is 101 cm³/mol. The van der Waals surface area contributed by atoms with Crippen LogP contribution in [-0.4, -0.2) is 38.2 Å². The van der Waals surface area contributed by atoms with E-state index in [0.29, 0.717) is 12.3 Å². The van der Waals surface area contributed by atoms with Crippen LogP contribution in [0.15, 0.2) is 60.9 Å². The number of rotatable bonds is 6. The molecule has 0 amide bonds. The van der Waals surface area contributed by atoms with E-state index in [-0.39, 0.29) is 11.6 Å². The van der Waals surface area contributed by atoms with Gasteiger partial charge in [-0.05, 0) is 47.3 Å². The van der Waals surface area contributed by atoms with Crippen molar-refractivity contribution in [1.29, 1.82) is 0 Å². The Labute approximate surface area is 160 Å². The minimum atomic E-state index is -1.21. The number of aromatic carboxylic acids is 1. The highest BCUT2D eigenvalue weighted by Gasteiger charge is 2.22. The van der Waals surface area contributed by atoms with Crippen molar-refractivity contribution >= 4 is 16.7 Å². The highest BCUT2D eigenvalue weighted by molar-refractivity contribution is 5.88. The summed E-state index contributed by atoms with van der Waals surface area (Å²) >= 11 is 0. The number of fused-ring (bicyclic) bond motifs is 1. The lowest BCUT2D eigenvalue weighted by atomic mass is 10.2. The maximum Gasteiger partial charge on any atom is 0.362 e. The molecule has 1 N–H and O–H groups in total. The summed E-state index contributed by atoms with van der Waals surface area (Å²) in [7, 11) is 1.59. The van der Waals surface area contributed by atoms with E-state index in [1.807, 2.05) is 42.5 Å². The maximum atomic E-state index is 11.6. The standard InChI is InChI=1S/C20H16N4O4/c1-27-16-5-2-13(3-6-16)12-24-19(18(20(25)26)22-23-24)28-17-7-4-15-11-21-9-8-14(15)10-17/h2-11H,12H2,1H3,(H,25,26). The van der Waals surface area contributed by atoms with Crippen molar-refractivity contribution in [3.63, 3.8) is 0 Å². The first-order valence-electron chi connectivity index (χ1n) is 8.45. The van der Waals surface area contributed by atoms with E-state index >= 15 is 0 Å². The molecule has 28 heavy (non-hydrogen) atoms. The molecule has 2 heterocycles. The van der Waals surface area contributed by atoms with E-state index < -0.39 is 5.97 Å². The maximum absolute atomic E-state index is 11.6. The SMILES string of the molecule is COc1ccc(Cn2nnc(C(=O)O)c2Oc2ccc3cnccc3c2)cc1. The Morgan fingerprint density at radius 3 is 2.61 bits per heavy atom. The van der Waals surface area contributed by atoms with Crippen LogP contribution >= 0.6 is 0 Å². The number of carboxylic acids is 1. The topological polar surface area (TPSA) is 99.4 Å². The van der Waals surface area contributed by atoms with Crippen molar-refractivity contribution in [3.05, 3.63) is 72.2 Å². The smallest absolute Gasteiger partial charge is 0.362 e. The van der Waals surface area contributed by atoms with E-state index in [1.54, 1.807) is 25.6 Å².